The molecule has 120 valence electrons. The Hall–Kier alpha value is -2.56. The summed E-state index contributed by atoms with van der Waals surface area (Å²) in [5.41, 5.74) is 3.05. The van der Waals surface area contributed by atoms with Crippen LogP contribution in [-0.4, -0.2) is 29.8 Å². The molecule has 5 nitrogen and oxygen atoms in total. The van der Waals surface area contributed by atoms with E-state index >= 15 is 0 Å². The third-order valence-electron chi connectivity index (χ3n) is 4.21. The fourth-order valence-electron chi connectivity index (χ4n) is 2.87. The van der Waals surface area contributed by atoms with Crippen LogP contribution in [0.3, 0.4) is 0 Å². The minimum atomic E-state index is -0.201. The number of hydrogen-bond donors (Lipinski definition) is 1. The zero-order chi connectivity index (χ0) is 16.2. The van der Waals surface area contributed by atoms with Gasteiger partial charge in [-0.25, -0.2) is 0 Å². The summed E-state index contributed by atoms with van der Waals surface area (Å²) in [6.45, 7) is 3.47. The van der Waals surface area contributed by atoms with Crippen LogP contribution in [0.5, 0.6) is 0 Å². The van der Waals surface area contributed by atoms with Gasteiger partial charge in [0, 0.05) is 26.1 Å². The van der Waals surface area contributed by atoms with E-state index < -0.39 is 0 Å². The number of amides is 2. The number of aryl methyl sites for hydroxylation is 1. The van der Waals surface area contributed by atoms with Gasteiger partial charge >= 0.3 is 0 Å². The van der Waals surface area contributed by atoms with Crippen LogP contribution < -0.4 is 5.32 Å². The Kier molecular flexibility index (Phi) is 4.46. The van der Waals surface area contributed by atoms with E-state index in [2.05, 4.69) is 17.4 Å². The van der Waals surface area contributed by atoms with Gasteiger partial charge in [0.1, 0.15) is 5.76 Å². The molecule has 1 N–H and O–H groups in total. The first-order valence-electron chi connectivity index (χ1n) is 7.82. The van der Waals surface area contributed by atoms with Gasteiger partial charge in [0.15, 0.2) is 0 Å². The van der Waals surface area contributed by atoms with Crippen molar-refractivity contribution >= 4 is 11.8 Å². The molecule has 1 aliphatic heterocycles. The number of hydrogen-bond acceptors (Lipinski definition) is 3. The molecule has 0 bridgehead atoms. The number of fused-ring (bicyclic) bond motifs is 1. The molecule has 0 atom stereocenters. The zero-order valence-electron chi connectivity index (χ0n) is 13.2. The van der Waals surface area contributed by atoms with Crippen LogP contribution in [0.4, 0.5) is 0 Å². The highest BCUT2D eigenvalue weighted by Crippen LogP contribution is 2.18. The summed E-state index contributed by atoms with van der Waals surface area (Å²) in [6.07, 6.45) is 2.69. The Labute approximate surface area is 135 Å². The predicted molar refractivity (Wildman–Crippen MR) is 86.0 cm³/mol. The van der Waals surface area contributed by atoms with Gasteiger partial charge in [-0.3, -0.25) is 9.59 Å². The van der Waals surface area contributed by atoms with Crippen LogP contribution in [-0.2, 0) is 17.8 Å². The molecule has 0 fully saturated rings. The lowest BCUT2D eigenvalue weighted by atomic mass is 10.00. The van der Waals surface area contributed by atoms with E-state index in [0.717, 1.165) is 13.0 Å². The smallest absolute Gasteiger partial charge is 0.254 e. The van der Waals surface area contributed by atoms with Crippen molar-refractivity contribution in [3.8, 4) is 0 Å². The third-order valence-corrected chi connectivity index (χ3v) is 4.21. The highest BCUT2D eigenvalue weighted by molar-refractivity contribution is 5.95. The molecule has 2 heterocycles. The highest BCUT2D eigenvalue weighted by Gasteiger charge is 2.20. The molecule has 0 radical (unpaired) electrons. The molecular weight excluding hydrogens is 292 g/mol. The number of carbonyl (C=O) groups excluding carboxylic acids is 2. The van der Waals surface area contributed by atoms with E-state index in [1.54, 1.807) is 13.0 Å². The predicted octanol–water partition coefficient (Wildman–Crippen LogP) is 2.29. The van der Waals surface area contributed by atoms with E-state index in [9.17, 15) is 9.59 Å². The van der Waals surface area contributed by atoms with E-state index in [1.807, 2.05) is 17.0 Å². The van der Waals surface area contributed by atoms with Crippen LogP contribution >= 0.6 is 0 Å². The van der Waals surface area contributed by atoms with Crippen molar-refractivity contribution in [1.29, 1.82) is 0 Å². The topological polar surface area (TPSA) is 62.6 Å². The molecular formula is C18H20N2O3. The average Bonchev–Trinajstić information content (AvgIpc) is 3.00. The Morgan fingerprint density at radius 1 is 1.22 bits per heavy atom. The summed E-state index contributed by atoms with van der Waals surface area (Å²) in [4.78, 5) is 26.1. The molecule has 1 aliphatic rings. The maximum atomic E-state index is 12.3. The van der Waals surface area contributed by atoms with Gasteiger partial charge < -0.3 is 14.6 Å². The van der Waals surface area contributed by atoms with Crippen molar-refractivity contribution in [2.45, 2.75) is 26.3 Å². The first-order chi connectivity index (χ1) is 11.1. The minimum absolute atomic E-state index is 0.0729. The fourth-order valence-corrected chi connectivity index (χ4v) is 2.87. The minimum Gasteiger partial charge on any atom is -0.469 e. The Balaban J connectivity index is 1.49. The SMILES string of the molecule is Cc1occc1C(=O)NCCC(=O)N1CCc2ccccc2C1. The molecule has 0 spiro atoms. The number of rotatable bonds is 4. The monoisotopic (exact) mass is 312 g/mol. The van der Waals surface area contributed by atoms with Crippen LogP contribution in [0.1, 0.15) is 33.7 Å². The number of furan rings is 1. The number of benzene rings is 1. The lowest BCUT2D eigenvalue weighted by Crippen LogP contribution is -2.38. The molecule has 2 amide bonds. The molecule has 23 heavy (non-hydrogen) atoms. The van der Waals surface area contributed by atoms with Gasteiger partial charge in [0.25, 0.3) is 5.91 Å². The van der Waals surface area contributed by atoms with Crippen molar-refractivity contribution < 1.29 is 14.0 Å². The van der Waals surface area contributed by atoms with Crippen LogP contribution in [0, 0.1) is 6.92 Å². The second-order valence-corrected chi connectivity index (χ2v) is 5.73. The fraction of sp³-hybridized carbons (Fsp3) is 0.333. The van der Waals surface area contributed by atoms with Gasteiger partial charge in [-0.15, -0.1) is 0 Å². The van der Waals surface area contributed by atoms with Crippen molar-refractivity contribution in [3.05, 3.63) is 59.0 Å². The summed E-state index contributed by atoms with van der Waals surface area (Å²) in [7, 11) is 0. The first-order valence-corrected chi connectivity index (χ1v) is 7.82. The molecule has 0 saturated heterocycles. The third kappa shape index (κ3) is 3.44. The number of nitrogens with one attached hydrogen (secondary N) is 1. The average molecular weight is 312 g/mol. The molecule has 0 saturated carbocycles. The molecule has 0 unspecified atom stereocenters. The first kappa shape index (κ1) is 15.3. The maximum Gasteiger partial charge on any atom is 0.254 e. The molecule has 1 aromatic carbocycles. The summed E-state index contributed by atoms with van der Waals surface area (Å²) in [6, 6.07) is 9.85. The molecule has 0 aliphatic carbocycles. The van der Waals surface area contributed by atoms with Gasteiger partial charge in [0.05, 0.1) is 11.8 Å². The molecule has 5 heteroatoms. The lowest BCUT2D eigenvalue weighted by molar-refractivity contribution is -0.131. The largest absolute Gasteiger partial charge is 0.469 e. The quantitative estimate of drug-likeness (QED) is 0.942. The van der Waals surface area contributed by atoms with Gasteiger partial charge in [-0.1, -0.05) is 24.3 Å². The molecule has 3 rings (SSSR count). The standard InChI is InChI=1S/C18H20N2O3/c1-13-16(8-11-23-13)18(22)19-9-6-17(21)20-10-7-14-4-2-3-5-15(14)12-20/h2-5,8,11H,6-7,9-10,12H2,1H3,(H,19,22). The van der Waals surface area contributed by atoms with Crippen LogP contribution in [0.25, 0.3) is 0 Å². The van der Waals surface area contributed by atoms with E-state index in [1.165, 1.54) is 17.4 Å². The highest BCUT2D eigenvalue weighted by atomic mass is 16.3. The van der Waals surface area contributed by atoms with Crippen molar-refractivity contribution in [1.82, 2.24) is 10.2 Å². The summed E-state index contributed by atoms with van der Waals surface area (Å²) in [5.74, 6) is 0.457. The van der Waals surface area contributed by atoms with Crippen LogP contribution in [0.2, 0.25) is 0 Å². The van der Waals surface area contributed by atoms with Gasteiger partial charge in [0.2, 0.25) is 5.91 Å². The van der Waals surface area contributed by atoms with Gasteiger partial charge in [-0.05, 0) is 30.5 Å². The zero-order valence-corrected chi connectivity index (χ0v) is 13.2. The Bertz CT molecular complexity index is 721. The van der Waals surface area contributed by atoms with Crippen molar-refractivity contribution in [2.24, 2.45) is 0 Å². The number of carbonyl (C=O) groups is 2. The molecule has 2 aromatic rings. The Morgan fingerprint density at radius 3 is 2.74 bits per heavy atom. The second kappa shape index (κ2) is 6.69. The summed E-state index contributed by atoms with van der Waals surface area (Å²) < 4.78 is 5.11. The molecule has 1 aromatic heterocycles. The van der Waals surface area contributed by atoms with Crippen molar-refractivity contribution in [3.63, 3.8) is 0 Å². The normalized spacial score (nSPS) is 13.5. The van der Waals surface area contributed by atoms with Crippen molar-refractivity contribution in [2.75, 3.05) is 13.1 Å². The number of nitrogens with zero attached hydrogens (tertiary/aromatic N) is 1. The van der Waals surface area contributed by atoms with E-state index in [0.29, 0.717) is 30.8 Å². The van der Waals surface area contributed by atoms with Crippen LogP contribution in [0.15, 0.2) is 41.0 Å². The second-order valence-electron chi connectivity index (χ2n) is 5.73. The lowest BCUT2D eigenvalue weighted by Gasteiger charge is -2.29. The summed E-state index contributed by atoms with van der Waals surface area (Å²) in [5, 5.41) is 2.77. The van der Waals surface area contributed by atoms with E-state index in [4.69, 9.17) is 4.42 Å². The Morgan fingerprint density at radius 2 is 2.00 bits per heavy atom. The van der Waals surface area contributed by atoms with Gasteiger partial charge in [-0.2, -0.15) is 0 Å². The maximum absolute atomic E-state index is 12.3. The van der Waals surface area contributed by atoms with E-state index in [-0.39, 0.29) is 11.8 Å². The summed E-state index contributed by atoms with van der Waals surface area (Å²) >= 11 is 0.